The van der Waals surface area contributed by atoms with Gasteiger partial charge in [0.25, 0.3) is 0 Å². The summed E-state index contributed by atoms with van der Waals surface area (Å²) < 4.78 is 0. The number of rotatable bonds is 4. The van der Waals surface area contributed by atoms with Gasteiger partial charge < -0.3 is 10.6 Å². The summed E-state index contributed by atoms with van der Waals surface area (Å²) in [7, 11) is 0. The zero-order chi connectivity index (χ0) is 14.0. The maximum absolute atomic E-state index is 12.1. The number of fused-ring (bicyclic) bond motifs is 1. The summed E-state index contributed by atoms with van der Waals surface area (Å²) in [5, 5.41) is 0. The van der Waals surface area contributed by atoms with Crippen LogP contribution in [0.1, 0.15) is 36.2 Å². The third-order valence-electron chi connectivity index (χ3n) is 3.37. The minimum atomic E-state index is -0.0604. The molecule has 0 saturated carbocycles. The molecule has 0 aromatic heterocycles. The third kappa shape index (κ3) is 2.84. The van der Waals surface area contributed by atoms with E-state index in [0.29, 0.717) is 24.4 Å². The lowest BCUT2D eigenvalue weighted by atomic mass is 10.1. The highest BCUT2D eigenvalue weighted by Gasteiger charge is 2.25. The van der Waals surface area contributed by atoms with Gasteiger partial charge in [-0.15, -0.1) is 0 Å². The Labute approximate surface area is 113 Å². The molecular weight excluding hydrogens is 240 g/mol. The Morgan fingerprint density at radius 2 is 2.11 bits per heavy atom. The van der Waals surface area contributed by atoms with E-state index in [-0.39, 0.29) is 18.2 Å². The number of nitrogens with zero attached hydrogens (tertiary/aromatic N) is 1. The van der Waals surface area contributed by atoms with Gasteiger partial charge in [-0.1, -0.05) is 13.8 Å². The largest absolute Gasteiger partial charge is 0.324 e. The van der Waals surface area contributed by atoms with Crippen molar-refractivity contribution in [3.8, 4) is 0 Å². The van der Waals surface area contributed by atoms with Gasteiger partial charge in [-0.2, -0.15) is 0 Å². The first kappa shape index (κ1) is 13.7. The number of anilines is 1. The second-order valence-electron chi connectivity index (χ2n) is 5.36. The zero-order valence-corrected chi connectivity index (χ0v) is 11.5. The fraction of sp³-hybridized carbons (Fsp3) is 0.467. The van der Waals surface area contributed by atoms with Gasteiger partial charge in [0, 0.05) is 24.2 Å². The summed E-state index contributed by atoms with van der Waals surface area (Å²) in [5.41, 5.74) is 8.01. The van der Waals surface area contributed by atoms with E-state index < -0.39 is 0 Å². The van der Waals surface area contributed by atoms with Crippen molar-refractivity contribution in [2.45, 2.75) is 26.7 Å². The number of amides is 1. The van der Waals surface area contributed by atoms with Crippen LogP contribution < -0.4 is 10.6 Å². The van der Waals surface area contributed by atoms with Crippen molar-refractivity contribution in [3.63, 3.8) is 0 Å². The van der Waals surface area contributed by atoms with Gasteiger partial charge in [-0.3, -0.25) is 9.59 Å². The van der Waals surface area contributed by atoms with Gasteiger partial charge in [-0.25, -0.2) is 0 Å². The van der Waals surface area contributed by atoms with Gasteiger partial charge in [-0.05, 0) is 36.1 Å². The second kappa shape index (κ2) is 5.53. The normalized spacial score (nSPS) is 13.8. The van der Waals surface area contributed by atoms with Crippen LogP contribution >= 0.6 is 0 Å². The number of carbonyl (C=O) groups excluding carboxylic acids is 2. The molecule has 0 saturated heterocycles. The first-order valence-corrected chi connectivity index (χ1v) is 6.69. The standard InChI is InChI=1S/C15H20N2O2/c1-10(2)7-15(19)17-6-5-11-8-12(14(18)9-16)3-4-13(11)17/h3-4,8,10H,5-7,9,16H2,1-2H3. The molecule has 1 amide bonds. The SMILES string of the molecule is CC(C)CC(=O)N1CCc2cc(C(=O)CN)ccc21. The van der Waals surface area contributed by atoms with E-state index in [9.17, 15) is 9.59 Å². The number of hydrogen-bond acceptors (Lipinski definition) is 3. The molecule has 1 aromatic carbocycles. The number of benzene rings is 1. The maximum Gasteiger partial charge on any atom is 0.227 e. The van der Waals surface area contributed by atoms with Crippen molar-refractivity contribution >= 4 is 17.4 Å². The summed E-state index contributed by atoms with van der Waals surface area (Å²) >= 11 is 0. The lowest BCUT2D eigenvalue weighted by Crippen LogP contribution is -2.29. The minimum absolute atomic E-state index is 0.0226. The Hall–Kier alpha value is -1.68. The van der Waals surface area contributed by atoms with Gasteiger partial charge in [0.1, 0.15) is 0 Å². The number of ketones is 1. The molecule has 0 atom stereocenters. The smallest absolute Gasteiger partial charge is 0.227 e. The summed E-state index contributed by atoms with van der Waals surface area (Å²) in [5.74, 6) is 0.455. The van der Waals surface area contributed by atoms with Crippen molar-refractivity contribution in [3.05, 3.63) is 29.3 Å². The molecule has 19 heavy (non-hydrogen) atoms. The van der Waals surface area contributed by atoms with Gasteiger partial charge in [0.15, 0.2) is 5.78 Å². The Bertz CT molecular complexity index is 509. The molecular formula is C15H20N2O2. The lowest BCUT2D eigenvalue weighted by molar-refractivity contribution is -0.119. The molecule has 0 fully saturated rings. The van der Waals surface area contributed by atoms with Crippen molar-refractivity contribution in [1.29, 1.82) is 0 Å². The van der Waals surface area contributed by atoms with E-state index in [1.165, 1.54) is 0 Å². The fourth-order valence-corrected chi connectivity index (χ4v) is 2.41. The number of hydrogen-bond donors (Lipinski definition) is 1. The Kier molecular flexibility index (Phi) is 4.00. The van der Waals surface area contributed by atoms with Crippen LogP contribution in [-0.4, -0.2) is 24.8 Å². The molecule has 2 rings (SSSR count). The fourth-order valence-electron chi connectivity index (χ4n) is 2.41. The van der Waals surface area contributed by atoms with Crippen LogP contribution in [0.3, 0.4) is 0 Å². The van der Waals surface area contributed by atoms with Crippen LogP contribution in [0.25, 0.3) is 0 Å². The first-order valence-electron chi connectivity index (χ1n) is 6.69. The van der Waals surface area contributed by atoms with Crippen LogP contribution in [0.4, 0.5) is 5.69 Å². The maximum atomic E-state index is 12.1. The zero-order valence-electron chi connectivity index (χ0n) is 11.5. The van der Waals surface area contributed by atoms with Gasteiger partial charge in [0.05, 0.1) is 6.54 Å². The average molecular weight is 260 g/mol. The molecule has 4 nitrogen and oxygen atoms in total. The predicted molar refractivity (Wildman–Crippen MR) is 75.3 cm³/mol. The van der Waals surface area contributed by atoms with E-state index in [4.69, 9.17) is 5.73 Å². The molecule has 0 unspecified atom stereocenters. The molecule has 0 bridgehead atoms. The second-order valence-corrected chi connectivity index (χ2v) is 5.36. The van der Waals surface area contributed by atoms with Crippen LogP contribution in [0.15, 0.2) is 18.2 Å². The molecule has 2 N–H and O–H groups in total. The monoisotopic (exact) mass is 260 g/mol. The Morgan fingerprint density at radius 1 is 1.37 bits per heavy atom. The first-order chi connectivity index (χ1) is 9.02. The predicted octanol–water partition coefficient (Wildman–Crippen LogP) is 1.76. The highest BCUT2D eigenvalue weighted by molar-refractivity contribution is 6.00. The molecule has 4 heteroatoms. The van der Waals surface area contributed by atoms with E-state index in [2.05, 4.69) is 0 Å². The van der Waals surface area contributed by atoms with Crippen LogP contribution in [0.2, 0.25) is 0 Å². The molecule has 0 radical (unpaired) electrons. The van der Waals surface area contributed by atoms with Crippen molar-refractivity contribution in [2.75, 3.05) is 18.0 Å². The van der Waals surface area contributed by atoms with E-state index in [1.807, 2.05) is 30.9 Å². The number of carbonyl (C=O) groups is 2. The summed E-state index contributed by atoms with van der Waals surface area (Å²) in [6.07, 6.45) is 1.37. The number of nitrogens with two attached hydrogens (primary N) is 1. The van der Waals surface area contributed by atoms with Crippen LogP contribution in [0.5, 0.6) is 0 Å². The van der Waals surface area contributed by atoms with Crippen LogP contribution in [-0.2, 0) is 11.2 Å². The molecule has 0 aliphatic carbocycles. The van der Waals surface area contributed by atoms with Gasteiger partial charge in [0.2, 0.25) is 5.91 Å². The summed E-state index contributed by atoms with van der Waals surface area (Å²) in [6, 6.07) is 5.49. The molecule has 102 valence electrons. The van der Waals surface area contributed by atoms with E-state index in [1.54, 1.807) is 6.07 Å². The minimum Gasteiger partial charge on any atom is -0.324 e. The van der Waals surface area contributed by atoms with Crippen molar-refractivity contribution in [1.82, 2.24) is 0 Å². The Balaban J connectivity index is 2.22. The Morgan fingerprint density at radius 3 is 2.74 bits per heavy atom. The summed E-state index contributed by atoms with van der Waals surface area (Å²) in [4.78, 5) is 25.5. The topological polar surface area (TPSA) is 63.4 Å². The van der Waals surface area contributed by atoms with Gasteiger partial charge >= 0.3 is 0 Å². The van der Waals surface area contributed by atoms with Crippen molar-refractivity contribution < 1.29 is 9.59 Å². The molecule has 1 heterocycles. The van der Waals surface area contributed by atoms with E-state index >= 15 is 0 Å². The quantitative estimate of drug-likeness (QED) is 0.839. The lowest BCUT2D eigenvalue weighted by Gasteiger charge is -2.18. The average Bonchev–Trinajstić information content (AvgIpc) is 2.79. The summed E-state index contributed by atoms with van der Waals surface area (Å²) in [6.45, 7) is 4.81. The molecule has 0 spiro atoms. The highest BCUT2D eigenvalue weighted by atomic mass is 16.2. The number of Topliss-reactive ketones (excluding diaryl/α,β-unsaturated/α-hetero) is 1. The molecule has 1 aliphatic rings. The molecule has 1 aromatic rings. The highest BCUT2D eigenvalue weighted by Crippen LogP contribution is 2.30. The third-order valence-corrected chi connectivity index (χ3v) is 3.37. The van der Waals surface area contributed by atoms with Crippen LogP contribution in [0, 0.1) is 5.92 Å². The molecule has 1 aliphatic heterocycles. The van der Waals surface area contributed by atoms with Crippen molar-refractivity contribution in [2.24, 2.45) is 11.7 Å². The van der Waals surface area contributed by atoms with E-state index in [0.717, 1.165) is 17.7 Å².